The predicted molar refractivity (Wildman–Crippen MR) is 99.3 cm³/mol. The number of nitro groups is 1. The quantitative estimate of drug-likeness (QED) is 0.437. The number of nitrogens with zero attached hydrogens (tertiary/aromatic N) is 5. The van der Waals surface area contributed by atoms with Crippen molar-refractivity contribution in [1.29, 1.82) is 0 Å². The Labute approximate surface area is 149 Å². The number of aromatic nitrogens is 4. The molecule has 0 fully saturated rings. The van der Waals surface area contributed by atoms with E-state index in [1.807, 2.05) is 31.2 Å². The Hall–Kier alpha value is -3.42. The first-order valence-corrected chi connectivity index (χ1v) is 8.43. The summed E-state index contributed by atoms with van der Waals surface area (Å²) in [4.78, 5) is 20.2. The average molecular weight is 350 g/mol. The highest BCUT2D eigenvalue weighted by Crippen LogP contribution is 2.29. The molecule has 132 valence electrons. The average Bonchev–Trinajstić information content (AvgIpc) is 3.19. The van der Waals surface area contributed by atoms with Gasteiger partial charge in [0.2, 0.25) is 11.5 Å². The van der Waals surface area contributed by atoms with Crippen LogP contribution in [0.25, 0.3) is 16.7 Å². The summed E-state index contributed by atoms with van der Waals surface area (Å²) in [6.45, 7) is 4.74. The number of fused-ring (bicyclic) bond motifs is 2. The van der Waals surface area contributed by atoms with E-state index in [2.05, 4.69) is 21.8 Å². The van der Waals surface area contributed by atoms with E-state index in [0.717, 1.165) is 23.4 Å². The molecule has 0 aliphatic carbocycles. The van der Waals surface area contributed by atoms with Crippen LogP contribution >= 0.6 is 0 Å². The van der Waals surface area contributed by atoms with Crippen molar-refractivity contribution in [2.75, 3.05) is 5.32 Å². The lowest BCUT2D eigenvalue weighted by atomic mass is 10.3. The third kappa shape index (κ3) is 2.46. The van der Waals surface area contributed by atoms with Crippen LogP contribution in [0.1, 0.15) is 25.7 Å². The zero-order chi connectivity index (χ0) is 18.3. The molecule has 0 aliphatic heterocycles. The third-order valence-corrected chi connectivity index (χ3v) is 4.42. The highest BCUT2D eigenvalue weighted by atomic mass is 16.6. The summed E-state index contributed by atoms with van der Waals surface area (Å²) in [6, 6.07) is 13.0. The molecule has 0 saturated carbocycles. The molecule has 0 saturated heterocycles. The summed E-state index contributed by atoms with van der Waals surface area (Å²) in [5, 5.41) is 14.7. The molecule has 26 heavy (non-hydrogen) atoms. The molecular weight excluding hydrogens is 332 g/mol. The van der Waals surface area contributed by atoms with E-state index in [0.29, 0.717) is 5.65 Å². The molecule has 0 aliphatic rings. The van der Waals surface area contributed by atoms with Crippen molar-refractivity contribution >= 4 is 28.3 Å². The predicted octanol–water partition coefficient (Wildman–Crippen LogP) is 3.79. The standard InChI is InChI=1S/C18H18N6O2/c1-3-22-14-9-5-4-8-13(14)20-17(22)12(2)19-16-18(24(25)26)23-11-7-6-10-15(23)21-16/h4-12,19H,3H2,1-2H3. The van der Waals surface area contributed by atoms with E-state index < -0.39 is 4.92 Å². The Morgan fingerprint density at radius 3 is 2.73 bits per heavy atom. The number of benzene rings is 1. The Kier molecular flexibility index (Phi) is 3.80. The lowest BCUT2D eigenvalue weighted by molar-refractivity contribution is -0.389. The molecule has 8 nitrogen and oxygen atoms in total. The van der Waals surface area contributed by atoms with Crippen LogP contribution in [-0.2, 0) is 6.54 Å². The van der Waals surface area contributed by atoms with Gasteiger partial charge in [-0.3, -0.25) is 0 Å². The minimum atomic E-state index is -0.419. The van der Waals surface area contributed by atoms with Crippen LogP contribution < -0.4 is 5.32 Å². The van der Waals surface area contributed by atoms with Crippen molar-refractivity contribution in [3.05, 3.63) is 64.6 Å². The van der Waals surface area contributed by atoms with E-state index in [-0.39, 0.29) is 17.7 Å². The second-order valence-corrected chi connectivity index (χ2v) is 6.04. The number of rotatable bonds is 5. The third-order valence-electron chi connectivity index (χ3n) is 4.42. The van der Waals surface area contributed by atoms with Crippen molar-refractivity contribution in [2.45, 2.75) is 26.4 Å². The van der Waals surface area contributed by atoms with E-state index in [1.54, 1.807) is 24.4 Å². The minimum absolute atomic E-state index is 0.0772. The molecule has 3 aromatic heterocycles. The van der Waals surface area contributed by atoms with Crippen LogP contribution in [-0.4, -0.2) is 23.9 Å². The SMILES string of the molecule is CCn1c(C(C)Nc2nc3ccccn3c2[N+](=O)[O-])nc2ccccc21. The van der Waals surface area contributed by atoms with Gasteiger partial charge in [0.15, 0.2) is 0 Å². The lowest BCUT2D eigenvalue weighted by Crippen LogP contribution is -2.14. The van der Waals surface area contributed by atoms with Crippen LogP contribution in [0.3, 0.4) is 0 Å². The molecule has 1 N–H and O–H groups in total. The fraction of sp³-hybridized carbons (Fsp3) is 0.222. The van der Waals surface area contributed by atoms with Crippen LogP contribution in [0.2, 0.25) is 0 Å². The lowest BCUT2D eigenvalue weighted by Gasteiger charge is -2.14. The second-order valence-electron chi connectivity index (χ2n) is 6.04. The van der Waals surface area contributed by atoms with Gasteiger partial charge in [0.1, 0.15) is 5.82 Å². The van der Waals surface area contributed by atoms with Crippen molar-refractivity contribution in [3.8, 4) is 0 Å². The summed E-state index contributed by atoms with van der Waals surface area (Å²) in [7, 11) is 0. The zero-order valence-corrected chi connectivity index (χ0v) is 14.5. The molecule has 0 bridgehead atoms. The first kappa shape index (κ1) is 16.1. The van der Waals surface area contributed by atoms with E-state index in [1.165, 1.54) is 4.40 Å². The van der Waals surface area contributed by atoms with Crippen LogP contribution in [0, 0.1) is 10.1 Å². The number of pyridine rings is 1. The summed E-state index contributed by atoms with van der Waals surface area (Å²) in [5.41, 5.74) is 2.48. The van der Waals surface area contributed by atoms with Gasteiger partial charge >= 0.3 is 5.82 Å². The first-order valence-electron chi connectivity index (χ1n) is 8.43. The second kappa shape index (κ2) is 6.14. The van der Waals surface area contributed by atoms with Crippen molar-refractivity contribution in [3.63, 3.8) is 0 Å². The Morgan fingerprint density at radius 2 is 1.96 bits per heavy atom. The topological polar surface area (TPSA) is 90.3 Å². The van der Waals surface area contributed by atoms with Gasteiger partial charge in [-0.25, -0.2) is 4.98 Å². The maximum absolute atomic E-state index is 11.6. The van der Waals surface area contributed by atoms with Crippen LogP contribution in [0.4, 0.5) is 11.6 Å². The Morgan fingerprint density at radius 1 is 1.19 bits per heavy atom. The fourth-order valence-corrected chi connectivity index (χ4v) is 3.28. The molecule has 0 amide bonds. The van der Waals surface area contributed by atoms with Gasteiger partial charge in [-0.05, 0) is 37.0 Å². The van der Waals surface area contributed by atoms with Gasteiger partial charge < -0.3 is 20.0 Å². The number of nitrogens with one attached hydrogen (secondary N) is 1. The minimum Gasteiger partial charge on any atom is -0.358 e. The highest BCUT2D eigenvalue weighted by Gasteiger charge is 2.25. The molecule has 4 aromatic rings. The van der Waals surface area contributed by atoms with Gasteiger partial charge in [-0.1, -0.05) is 18.2 Å². The number of aryl methyl sites for hydroxylation is 1. The molecule has 8 heteroatoms. The zero-order valence-electron chi connectivity index (χ0n) is 14.5. The first-order chi connectivity index (χ1) is 12.6. The molecule has 1 aromatic carbocycles. The van der Waals surface area contributed by atoms with Gasteiger partial charge in [-0.15, -0.1) is 0 Å². The van der Waals surface area contributed by atoms with Crippen molar-refractivity contribution < 1.29 is 4.92 Å². The number of anilines is 1. The van der Waals surface area contributed by atoms with Gasteiger partial charge in [0.25, 0.3) is 0 Å². The number of hydrogen-bond acceptors (Lipinski definition) is 5. The van der Waals surface area contributed by atoms with Crippen molar-refractivity contribution in [1.82, 2.24) is 18.9 Å². The highest BCUT2D eigenvalue weighted by molar-refractivity contribution is 5.76. The van der Waals surface area contributed by atoms with Gasteiger partial charge in [0.05, 0.1) is 23.3 Å². The molecule has 0 radical (unpaired) electrons. The number of hydrogen-bond donors (Lipinski definition) is 1. The summed E-state index contributed by atoms with van der Waals surface area (Å²) in [5.74, 6) is 0.982. The summed E-state index contributed by atoms with van der Waals surface area (Å²) in [6.07, 6.45) is 1.64. The van der Waals surface area contributed by atoms with E-state index in [9.17, 15) is 10.1 Å². The summed E-state index contributed by atoms with van der Waals surface area (Å²) < 4.78 is 3.58. The van der Waals surface area contributed by atoms with E-state index in [4.69, 9.17) is 4.98 Å². The van der Waals surface area contributed by atoms with Crippen LogP contribution in [0.5, 0.6) is 0 Å². The maximum atomic E-state index is 11.6. The van der Waals surface area contributed by atoms with Gasteiger partial charge in [-0.2, -0.15) is 9.38 Å². The largest absolute Gasteiger partial charge is 0.372 e. The normalized spacial score (nSPS) is 12.5. The molecule has 1 atom stereocenters. The number of imidazole rings is 2. The summed E-state index contributed by atoms with van der Waals surface area (Å²) >= 11 is 0. The molecule has 3 heterocycles. The number of para-hydroxylation sites is 2. The maximum Gasteiger partial charge on any atom is 0.372 e. The van der Waals surface area contributed by atoms with E-state index >= 15 is 0 Å². The van der Waals surface area contributed by atoms with Gasteiger partial charge in [0, 0.05) is 12.6 Å². The molecule has 0 spiro atoms. The molecule has 1 unspecified atom stereocenters. The van der Waals surface area contributed by atoms with Crippen molar-refractivity contribution in [2.24, 2.45) is 0 Å². The Bertz CT molecular complexity index is 1110. The Balaban J connectivity index is 1.77. The monoisotopic (exact) mass is 350 g/mol. The van der Waals surface area contributed by atoms with Crippen LogP contribution in [0.15, 0.2) is 48.7 Å². The smallest absolute Gasteiger partial charge is 0.358 e. The fourth-order valence-electron chi connectivity index (χ4n) is 3.28. The molecule has 4 rings (SSSR count). The molecular formula is C18H18N6O2.